The molecule has 8 heteroatoms. The minimum absolute atomic E-state index is 0.0209. The second-order valence-corrected chi connectivity index (χ2v) is 23.1. The number of nitrogens with zero attached hydrogens (tertiary/aromatic N) is 5. The van der Waals surface area contributed by atoms with Gasteiger partial charge in [0.15, 0.2) is 0 Å². The number of hydrogen-bond acceptors (Lipinski definition) is 4. The molecule has 0 saturated heterocycles. The van der Waals surface area contributed by atoms with E-state index >= 15 is 0 Å². The van der Waals surface area contributed by atoms with Gasteiger partial charge in [-0.15, -0.1) is 6.07 Å². The molecule has 2 aliphatic heterocycles. The van der Waals surface area contributed by atoms with Crippen molar-refractivity contribution in [1.82, 2.24) is 14.1 Å². The number of anilines is 4. The van der Waals surface area contributed by atoms with Crippen LogP contribution >= 0.6 is 0 Å². The minimum atomic E-state index is -2.75. The Labute approximate surface area is 495 Å². The van der Waals surface area contributed by atoms with Crippen LogP contribution < -0.4 is 19.8 Å². The second kappa shape index (κ2) is 19.3. The third-order valence-corrected chi connectivity index (χ3v) is 15.9. The van der Waals surface area contributed by atoms with E-state index in [0.717, 1.165) is 39.1 Å². The summed E-state index contributed by atoms with van der Waals surface area (Å²) in [5.41, 5.74) is 9.52. The molecule has 0 bridgehead atoms. The summed E-state index contributed by atoms with van der Waals surface area (Å²) in [4.78, 5) is 9.34. The molecule has 0 radical (unpaired) electrons. The summed E-state index contributed by atoms with van der Waals surface area (Å²) in [6, 6.07) is 55.5. The average molecular weight is 1220 g/mol. The summed E-state index contributed by atoms with van der Waals surface area (Å²) < 4.78 is 137. The molecule has 0 fully saturated rings. The zero-order valence-corrected chi connectivity index (χ0v) is 46.5. The van der Waals surface area contributed by atoms with Gasteiger partial charge in [0.25, 0.3) is 0 Å². The maximum atomic E-state index is 9.51. The number of imidazole rings is 1. The topological polar surface area (TPSA) is 38.5 Å². The Morgan fingerprint density at radius 2 is 1.20 bits per heavy atom. The van der Waals surface area contributed by atoms with Gasteiger partial charge in [-0.2, -0.15) is 12.1 Å². The molecule has 13 rings (SSSR count). The number of rotatable bonds is 8. The third kappa shape index (κ3) is 8.80. The summed E-state index contributed by atoms with van der Waals surface area (Å²) in [5, 5.41) is 0. The van der Waals surface area contributed by atoms with Crippen LogP contribution in [0.25, 0.3) is 66.9 Å². The fourth-order valence-electron chi connectivity index (χ4n) is 11.1. The summed E-state index contributed by atoms with van der Waals surface area (Å²) in [6.45, 7) is 3.99. The van der Waals surface area contributed by atoms with Crippen molar-refractivity contribution in [2.45, 2.75) is 72.9 Å². The van der Waals surface area contributed by atoms with Crippen LogP contribution in [0, 0.1) is 36.5 Å². The van der Waals surface area contributed by atoms with Crippen molar-refractivity contribution in [3.63, 3.8) is 0 Å². The van der Waals surface area contributed by atoms with Crippen molar-refractivity contribution in [3.05, 3.63) is 244 Å². The molecule has 9 aromatic carbocycles. The molecule has 4 heterocycles. The fourth-order valence-corrected chi connectivity index (χ4v) is 12.2. The SMILES string of the molecule is [2H]c1c([2H])c([2H])c(-c2cc(C([2H])([2H])[2H])cc(-c3cc(C(C)(C)C)cc(C(C)(C)C)c3)c2-n2[c](=[Pt])n(-c3[c-]c(Oc4cc(C([2H])([2H])[2H])cc(N5B6c7ccccc7-c7ccccc7N6c6ccc[c-]c65)n4)cc(-c4ccccc4C([2H])([2H])[2H])c3)c3ccccc32)c([2H])c1[2H]. The number of pyridine rings is 1. The quantitative estimate of drug-likeness (QED) is 0.112. The van der Waals surface area contributed by atoms with Crippen LogP contribution in [-0.2, 0) is 30.2 Å². The Kier molecular flexibility index (Phi) is 8.98. The van der Waals surface area contributed by atoms with Crippen molar-refractivity contribution in [1.29, 1.82) is 0 Å². The predicted molar refractivity (Wildman–Crippen MR) is 324 cm³/mol. The molecule has 0 amide bonds. The van der Waals surface area contributed by atoms with E-state index in [-0.39, 0.29) is 45.3 Å². The Morgan fingerprint density at radius 1 is 0.570 bits per heavy atom. The van der Waals surface area contributed by atoms with Crippen molar-refractivity contribution in [2.75, 3.05) is 9.62 Å². The summed E-state index contributed by atoms with van der Waals surface area (Å²) in [5.74, 6) is 0.157. The van der Waals surface area contributed by atoms with Gasteiger partial charge in [0.1, 0.15) is 0 Å². The molecule has 0 aliphatic carbocycles. The standard InChI is InChI=1S/C71H60BN5O.Pt/c1-46-35-59(49-24-11-10-12-25-49)69(60(36-46)50-39-52(70(4,5)6)43-53(40-50)71(7,8)9)75-45-74(63-31-19-20-32-64(63)75)54-41-51(56-26-14-13-23-48(56)3)42-55(44-54)78-68-38-47(2)37-67(73-68)77-66-34-22-21-33-65(66)76-62-30-18-16-28-58(62)57-27-15-17-29-61(57)72(76)77;/h10-33,35-43H,1-9H3;/q-2;/i1D3,2D3,3D3,10D,11D,12D,24D,25D;. The van der Waals surface area contributed by atoms with Crippen LogP contribution in [0.3, 0.4) is 0 Å². The molecule has 0 saturated carbocycles. The van der Waals surface area contributed by atoms with E-state index in [1.165, 1.54) is 18.2 Å². The molecular formula is C71H60BN5OPt-2. The molecule has 6 nitrogen and oxygen atoms in total. The van der Waals surface area contributed by atoms with Crippen molar-refractivity contribution in [3.8, 4) is 67.5 Å². The summed E-state index contributed by atoms with van der Waals surface area (Å²) in [7, 11) is 0. The first kappa shape index (κ1) is 36.8. The van der Waals surface area contributed by atoms with Crippen molar-refractivity contribution >= 4 is 46.4 Å². The molecule has 0 atom stereocenters. The third-order valence-electron chi connectivity index (χ3n) is 14.8. The zero-order chi connectivity index (χ0) is 66.3. The Hall–Kier alpha value is -8.25. The molecule has 2 aromatic heterocycles. The predicted octanol–water partition coefficient (Wildman–Crippen LogP) is 17.5. The molecule has 0 spiro atoms. The van der Waals surface area contributed by atoms with Gasteiger partial charge in [0.2, 0.25) is 0 Å². The number of fused-ring (bicyclic) bond motifs is 9. The molecule has 79 heavy (non-hydrogen) atoms. The number of ether oxygens (including phenoxy) is 1. The van der Waals surface area contributed by atoms with Gasteiger partial charge in [-0.25, -0.2) is 0 Å². The van der Waals surface area contributed by atoms with E-state index in [9.17, 15) is 2.74 Å². The van der Waals surface area contributed by atoms with E-state index in [0.29, 0.717) is 54.2 Å². The maximum absolute atomic E-state index is 9.51. The van der Waals surface area contributed by atoms with E-state index in [4.69, 9.17) is 26.2 Å². The zero-order valence-electron chi connectivity index (χ0n) is 58.2. The molecule has 11 aromatic rings. The number of para-hydroxylation sites is 4. The molecule has 0 N–H and O–H groups in total. The van der Waals surface area contributed by atoms with Crippen LogP contribution in [0.4, 0.5) is 22.9 Å². The number of hydrogen-bond donors (Lipinski definition) is 0. The van der Waals surface area contributed by atoms with Gasteiger partial charge < -0.3 is 0 Å². The summed E-state index contributed by atoms with van der Waals surface area (Å²) in [6.07, 6.45) is 0. The summed E-state index contributed by atoms with van der Waals surface area (Å²) >= 11 is 2.16. The average Bonchev–Trinajstić information content (AvgIpc) is 1.62. The molecule has 0 unspecified atom stereocenters. The van der Waals surface area contributed by atoms with Gasteiger partial charge in [0, 0.05) is 11.3 Å². The fraction of sp³-hybridized carbons (Fsp3) is 0.155. The van der Waals surface area contributed by atoms with E-state index in [2.05, 4.69) is 108 Å². The first-order valence-electron chi connectivity index (χ1n) is 33.1. The first-order chi connectivity index (χ1) is 43.8. The van der Waals surface area contributed by atoms with E-state index < -0.39 is 68.6 Å². The van der Waals surface area contributed by atoms with Gasteiger partial charge in [-0.05, 0) is 11.6 Å². The first-order valence-corrected chi connectivity index (χ1v) is 27.2. The van der Waals surface area contributed by atoms with Gasteiger partial charge in [-0.3, -0.25) is 0 Å². The van der Waals surface area contributed by atoms with E-state index in [1.807, 2.05) is 86.7 Å². The van der Waals surface area contributed by atoms with Gasteiger partial charge >= 0.3 is 414 Å². The van der Waals surface area contributed by atoms with Crippen molar-refractivity contribution in [2.24, 2.45) is 0 Å². The molecular weight excluding hydrogens is 1140 g/mol. The Bertz CT molecular complexity index is 4900. The Balaban J connectivity index is 1.08. The second-order valence-electron chi connectivity index (χ2n) is 22.1. The van der Waals surface area contributed by atoms with Crippen LogP contribution in [0.15, 0.2) is 200 Å². The number of aryl methyl sites for hydroxylation is 3. The molecule has 390 valence electrons. The number of benzene rings is 9. The van der Waals surface area contributed by atoms with Crippen LogP contribution in [0.5, 0.6) is 11.6 Å². The van der Waals surface area contributed by atoms with Crippen LogP contribution in [0.1, 0.15) is 88.6 Å². The van der Waals surface area contributed by atoms with Gasteiger partial charge in [-0.1, -0.05) is 42.5 Å². The normalized spacial score (nSPS) is 15.9. The van der Waals surface area contributed by atoms with Crippen molar-refractivity contribution < 1.29 is 43.3 Å². The molecule has 2 aliphatic rings. The Morgan fingerprint density at radius 3 is 1.94 bits per heavy atom. The van der Waals surface area contributed by atoms with E-state index in [1.54, 1.807) is 48.5 Å². The van der Waals surface area contributed by atoms with Gasteiger partial charge in [0.05, 0.1) is 0 Å². The van der Waals surface area contributed by atoms with Crippen LogP contribution in [-0.4, -0.2) is 21.1 Å². The number of aromatic nitrogens is 3. The monoisotopic (exact) mass is 1220 g/mol. The van der Waals surface area contributed by atoms with Crippen LogP contribution in [0.2, 0.25) is 0 Å².